The lowest BCUT2D eigenvalue weighted by atomic mass is 9.93. The van der Waals surface area contributed by atoms with Gasteiger partial charge in [-0.25, -0.2) is 25.3 Å². The molecule has 3 N–H and O–H groups in total. The highest BCUT2D eigenvalue weighted by molar-refractivity contribution is 7.90. The maximum absolute atomic E-state index is 13.9. The molecule has 0 radical (unpaired) electrons. The smallest absolute Gasteiger partial charge is 0.395 e. The van der Waals surface area contributed by atoms with Crippen molar-refractivity contribution in [3.05, 3.63) is 36.4 Å². The number of hydrogen-bond donors (Lipinski definition) is 3. The quantitative estimate of drug-likeness (QED) is 0.166. The second-order valence-electron chi connectivity index (χ2n) is 10.9. The van der Waals surface area contributed by atoms with Gasteiger partial charge in [0.05, 0.1) is 40.2 Å². The number of benzene rings is 4. The number of anilines is 1. The van der Waals surface area contributed by atoms with Gasteiger partial charge in [-0.05, 0) is 12.1 Å². The van der Waals surface area contributed by atoms with Crippen LogP contribution in [0, 0.1) is 0 Å². The van der Waals surface area contributed by atoms with E-state index in [9.17, 15) is 58.5 Å². The Kier molecular flexibility index (Phi) is 10.4. The van der Waals surface area contributed by atoms with Gasteiger partial charge in [0.1, 0.15) is 0 Å². The minimum absolute atomic E-state index is 0.134. The Balaban J connectivity index is 2.35. The average molecular weight is 739 g/mol. The Morgan fingerprint density at radius 2 is 0.917 bits per heavy atom. The van der Waals surface area contributed by atoms with Crippen LogP contribution in [0.15, 0.2) is 51.1 Å². The van der Waals surface area contributed by atoms with E-state index in [2.05, 4.69) is 0 Å². The summed E-state index contributed by atoms with van der Waals surface area (Å²) in [4.78, 5) is 10.9. The van der Waals surface area contributed by atoms with Crippen molar-refractivity contribution in [1.82, 2.24) is 12.9 Å². The highest BCUT2D eigenvalue weighted by Gasteiger charge is 2.43. The molecule has 0 fully saturated rings. The second kappa shape index (κ2) is 13.2. The Morgan fingerprint density at radius 1 is 0.604 bits per heavy atom. The molecule has 4 rings (SSSR count). The number of halogens is 3. The van der Waals surface area contributed by atoms with Gasteiger partial charge in [-0.15, -0.1) is 0 Å². The van der Waals surface area contributed by atoms with Crippen LogP contribution in [0.1, 0.15) is 0 Å². The zero-order chi connectivity index (χ0) is 36.1. The van der Waals surface area contributed by atoms with Crippen LogP contribution in [0.3, 0.4) is 0 Å². The fourth-order valence-corrected chi connectivity index (χ4v) is 9.57. The molecule has 20 heteroatoms. The van der Waals surface area contributed by atoms with Crippen molar-refractivity contribution in [3.8, 4) is 0 Å². The molecule has 0 atom stereocenters. The normalized spacial score (nSPS) is 13.6. The largest absolute Gasteiger partial charge is 0.471 e. The van der Waals surface area contributed by atoms with E-state index in [1.165, 1.54) is 24.3 Å². The summed E-state index contributed by atoms with van der Waals surface area (Å²) in [5.74, 6) is -2.35. The Hall–Kier alpha value is -3.21. The maximum atomic E-state index is 13.9. The molecular formula is C28H33F3N4O10S3. The molecule has 4 aromatic rings. The van der Waals surface area contributed by atoms with E-state index in [1.54, 1.807) is 0 Å². The van der Waals surface area contributed by atoms with E-state index in [1.807, 2.05) is 0 Å². The van der Waals surface area contributed by atoms with Gasteiger partial charge >= 0.3 is 12.1 Å². The average Bonchev–Trinajstić information content (AvgIpc) is 3.01. The monoisotopic (exact) mass is 738 g/mol. The molecule has 0 saturated heterocycles. The number of rotatable bonds is 13. The summed E-state index contributed by atoms with van der Waals surface area (Å²) in [6.07, 6.45) is -5.39. The van der Waals surface area contributed by atoms with Crippen molar-refractivity contribution in [2.45, 2.75) is 20.9 Å². The van der Waals surface area contributed by atoms with Gasteiger partial charge < -0.3 is 20.2 Å². The fraction of sp³-hybridized carbons (Fsp3) is 0.393. The van der Waals surface area contributed by atoms with Gasteiger partial charge in [-0.3, -0.25) is 4.79 Å². The molecule has 0 aliphatic carbocycles. The number of sulfonamides is 3. The molecule has 4 aromatic carbocycles. The van der Waals surface area contributed by atoms with Gasteiger partial charge in [0, 0.05) is 80.1 Å². The van der Waals surface area contributed by atoms with Gasteiger partial charge in [0.25, 0.3) is 0 Å². The van der Waals surface area contributed by atoms with Crippen molar-refractivity contribution in [2.75, 3.05) is 72.5 Å². The number of likely N-dealkylation sites (N-methyl/N-ethyl adjacent to an activating group) is 3. The fourth-order valence-electron chi connectivity index (χ4n) is 5.38. The standard InChI is InChI=1S/C28H33F3N4O10S3/c1-32(9-12-36)46(40,41)22-15-21(35(4)27(39)28(29,30)31)17-5-6-19-23(47(42,43)33(2)10-13-37)16-24(48(44,45)34(3)11-14-38)20-8-7-18(22)25(17)26(19)20/h5-8,15-16,36-38H,9-14H2,1-4H3. The Bertz CT molecular complexity index is 2150. The summed E-state index contributed by atoms with van der Waals surface area (Å²) < 4.78 is 126. The summed E-state index contributed by atoms with van der Waals surface area (Å²) in [7, 11) is -9.65. The molecule has 48 heavy (non-hydrogen) atoms. The predicted octanol–water partition coefficient (Wildman–Crippen LogP) is 0.948. The third kappa shape index (κ3) is 6.20. The first kappa shape index (κ1) is 37.6. The molecule has 0 heterocycles. The molecule has 0 aliphatic rings. The number of aliphatic hydroxyl groups excluding tert-OH is 3. The minimum atomic E-state index is -5.39. The van der Waals surface area contributed by atoms with Crippen LogP contribution in [0.2, 0.25) is 0 Å². The van der Waals surface area contributed by atoms with Crippen LogP contribution >= 0.6 is 0 Å². The summed E-state index contributed by atoms with van der Waals surface area (Å²) >= 11 is 0. The van der Waals surface area contributed by atoms with Crippen LogP contribution < -0.4 is 4.90 Å². The molecule has 0 aromatic heterocycles. The van der Waals surface area contributed by atoms with Crippen molar-refractivity contribution in [2.24, 2.45) is 0 Å². The molecule has 14 nitrogen and oxygen atoms in total. The topological polar surface area (TPSA) is 193 Å². The Labute approximate surface area is 274 Å². The molecule has 0 aliphatic heterocycles. The number of carbonyl (C=O) groups is 1. The first-order valence-electron chi connectivity index (χ1n) is 14.0. The summed E-state index contributed by atoms with van der Waals surface area (Å²) in [5.41, 5.74) is -0.539. The highest BCUT2D eigenvalue weighted by Crippen LogP contribution is 2.46. The predicted molar refractivity (Wildman–Crippen MR) is 170 cm³/mol. The zero-order valence-electron chi connectivity index (χ0n) is 26.1. The highest BCUT2D eigenvalue weighted by atomic mass is 32.2. The first-order chi connectivity index (χ1) is 22.2. The molecule has 0 saturated carbocycles. The number of hydrogen-bond acceptors (Lipinski definition) is 10. The molecule has 264 valence electrons. The van der Waals surface area contributed by atoms with Crippen molar-refractivity contribution < 1.29 is 58.5 Å². The van der Waals surface area contributed by atoms with E-state index in [4.69, 9.17) is 0 Å². The van der Waals surface area contributed by atoms with Crippen LogP contribution in [0.4, 0.5) is 18.9 Å². The number of nitrogens with zero attached hydrogens (tertiary/aromatic N) is 4. The van der Waals surface area contributed by atoms with Gasteiger partial charge in [0.2, 0.25) is 30.1 Å². The number of aliphatic hydroxyl groups is 3. The lowest BCUT2D eigenvalue weighted by Gasteiger charge is -2.27. The summed E-state index contributed by atoms with van der Waals surface area (Å²) in [6, 6.07) is 6.60. The van der Waals surface area contributed by atoms with Crippen LogP contribution in [0.25, 0.3) is 32.3 Å². The second-order valence-corrected chi connectivity index (χ2v) is 16.9. The van der Waals surface area contributed by atoms with E-state index >= 15 is 0 Å². The van der Waals surface area contributed by atoms with Crippen molar-refractivity contribution in [1.29, 1.82) is 0 Å². The van der Waals surface area contributed by atoms with Gasteiger partial charge in [0.15, 0.2) is 0 Å². The molecule has 0 spiro atoms. The van der Waals surface area contributed by atoms with E-state index in [0.29, 0.717) is 0 Å². The third-order valence-electron chi connectivity index (χ3n) is 7.98. The third-order valence-corrected chi connectivity index (χ3v) is 13.7. The van der Waals surface area contributed by atoms with Crippen molar-refractivity contribution >= 4 is 74.0 Å². The summed E-state index contributed by atoms with van der Waals surface area (Å²) in [6.45, 7) is -3.03. The lowest BCUT2D eigenvalue weighted by molar-refractivity contribution is -0.170. The minimum Gasteiger partial charge on any atom is -0.395 e. The molecule has 1 amide bonds. The van der Waals surface area contributed by atoms with E-state index < -0.39 is 102 Å². The van der Waals surface area contributed by atoms with E-state index in [0.717, 1.165) is 53.2 Å². The first-order valence-corrected chi connectivity index (χ1v) is 18.4. The lowest BCUT2D eigenvalue weighted by Crippen LogP contribution is -2.38. The molecule has 0 bridgehead atoms. The number of alkyl halides is 3. The molecule has 0 unspecified atom stereocenters. The van der Waals surface area contributed by atoms with E-state index in [-0.39, 0.29) is 37.2 Å². The van der Waals surface area contributed by atoms with Crippen LogP contribution in [0.5, 0.6) is 0 Å². The molecular weight excluding hydrogens is 706 g/mol. The van der Waals surface area contributed by atoms with Crippen LogP contribution in [-0.4, -0.2) is 133 Å². The maximum Gasteiger partial charge on any atom is 0.471 e. The zero-order valence-corrected chi connectivity index (χ0v) is 28.5. The summed E-state index contributed by atoms with van der Waals surface area (Å²) in [5, 5.41) is 27.5. The van der Waals surface area contributed by atoms with Gasteiger partial charge in [-0.1, -0.05) is 24.3 Å². The Morgan fingerprint density at radius 3 is 1.25 bits per heavy atom. The van der Waals surface area contributed by atoms with Gasteiger partial charge in [-0.2, -0.15) is 26.1 Å². The number of carbonyl (C=O) groups excluding carboxylic acids is 1. The number of amides is 1. The SMILES string of the molecule is CN(C(=O)C(F)(F)F)c1cc(S(=O)(=O)N(C)CCO)c2ccc3c(S(=O)(=O)N(C)CCO)cc(S(=O)(=O)N(C)CCO)c4ccc1c2c43. The van der Waals surface area contributed by atoms with Crippen LogP contribution in [-0.2, 0) is 34.9 Å². The van der Waals surface area contributed by atoms with Crippen molar-refractivity contribution in [3.63, 3.8) is 0 Å².